The molecular formula is C20H24N2O3. The quantitative estimate of drug-likeness (QED) is 0.563. The predicted molar refractivity (Wildman–Crippen MR) is 98.9 cm³/mol. The fourth-order valence-electron chi connectivity index (χ4n) is 2.38. The van der Waals surface area contributed by atoms with Crippen molar-refractivity contribution in [2.45, 2.75) is 25.8 Å². The Morgan fingerprint density at radius 3 is 2.64 bits per heavy atom. The number of benzene rings is 2. The summed E-state index contributed by atoms with van der Waals surface area (Å²) in [5, 5.41) is 6.73. The van der Waals surface area contributed by atoms with Gasteiger partial charge in [-0.1, -0.05) is 47.6 Å². The molecule has 1 atom stereocenters. The first-order chi connectivity index (χ1) is 12.2. The minimum atomic E-state index is -0.183. The van der Waals surface area contributed by atoms with Gasteiger partial charge in [0.15, 0.2) is 6.61 Å². The molecule has 0 fully saturated rings. The lowest BCUT2D eigenvalue weighted by molar-refractivity contribution is -0.126. The van der Waals surface area contributed by atoms with Gasteiger partial charge in [-0.2, -0.15) is 0 Å². The number of amides is 1. The van der Waals surface area contributed by atoms with E-state index >= 15 is 0 Å². The van der Waals surface area contributed by atoms with Gasteiger partial charge in [-0.3, -0.25) is 4.79 Å². The van der Waals surface area contributed by atoms with Gasteiger partial charge in [0.05, 0.1) is 13.3 Å². The zero-order chi connectivity index (χ0) is 17.9. The number of oxime groups is 1. The van der Waals surface area contributed by atoms with Crippen LogP contribution in [0.15, 0.2) is 59.8 Å². The molecule has 0 aliphatic rings. The van der Waals surface area contributed by atoms with Crippen molar-refractivity contribution in [3.63, 3.8) is 0 Å². The van der Waals surface area contributed by atoms with Crippen molar-refractivity contribution < 1.29 is 14.4 Å². The Kier molecular flexibility index (Phi) is 7.50. The molecule has 0 unspecified atom stereocenters. The Labute approximate surface area is 148 Å². The number of methoxy groups -OCH3 is 1. The van der Waals surface area contributed by atoms with Gasteiger partial charge in [0.25, 0.3) is 5.91 Å². The van der Waals surface area contributed by atoms with Crippen molar-refractivity contribution in [3.05, 3.63) is 65.7 Å². The van der Waals surface area contributed by atoms with Gasteiger partial charge in [0, 0.05) is 11.6 Å². The Morgan fingerprint density at radius 1 is 1.16 bits per heavy atom. The van der Waals surface area contributed by atoms with Crippen molar-refractivity contribution in [1.29, 1.82) is 0 Å². The van der Waals surface area contributed by atoms with E-state index in [-0.39, 0.29) is 18.6 Å². The highest BCUT2D eigenvalue weighted by atomic mass is 16.6. The van der Waals surface area contributed by atoms with E-state index in [4.69, 9.17) is 9.57 Å². The molecule has 0 aliphatic carbocycles. The summed E-state index contributed by atoms with van der Waals surface area (Å²) < 4.78 is 5.21. The van der Waals surface area contributed by atoms with E-state index < -0.39 is 0 Å². The molecule has 0 saturated heterocycles. The third-order valence-corrected chi connectivity index (χ3v) is 3.72. The molecule has 1 amide bonds. The third kappa shape index (κ3) is 6.67. The molecule has 0 bridgehead atoms. The zero-order valence-corrected chi connectivity index (χ0v) is 14.6. The van der Waals surface area contributed by atoms with Crippen LogP contribution in [0, 0.1) is 0 Å². The van der Waals surface area contributed by atoms with E-state index in [1.807, 2.05) is 49.4 Å². The average molecular weight is 340 g/mol. The molecule has 0 aliphatic heterocycles. The smallest absolute Gasteiger partial charge is 0.260 e. The van der Waals surface area contributed by atoms with Gasteiger partial charge in [0.1, 0.15) is 5.75 Å². The second-order valence-corrected chi connectivity index (χ2v) is 5.74. The lowest BCUT2D eigenvalue weighted by Crippen LogP contribution is -2.35. The van der Waals surface area contributed by atoms with Gasteiger partial charge in [-0.05, 0) is 37.5 Å². The van der Waals surface area contributed by atoms with Crippen LogP contribution >= 0.6 is 0 Å². The first kappa shape index (κ1) is 18.5. The van der Waals surface area contributed by atoms with Crippen molar-refractivity contribution in [3.8, 4) is 5.75 Å². The number of nitrogens with zero attached hydrogens (tertiary/aromatic N) is 1. The number of carbonyl (C=O) groups excluding carboxylic acids is 1. The number of hydrogen-bond acceptors (Lipinski definition) is 4. The first-order valence-electron chi connectivity index (χ1n) is 8.30. The second kappa shape index (κ2) is 10.1. The molecule has 25 heavy (non-hydrogen) atoms. The molecule has 132 valence electrons. The lowest BCUT2D eigenvalue weighted by atomic mass is 10.1. The number of para-hydroxylation sites is 1. The number of ether oxygens (including phenoxy) is 1. The maximum absolute atomic E-state index is 11.9. The minimum Gasteiger partial charge on any atom is -0.496 e. The molecule has 2 rings (SSSR count). The van der Waals surface area contributed by atoms with E-state index in [1.54, 1.807) is 7.11 Å². The number of aryl methyl sites for hydroxylation is 1. The van der Waals surface area contributed by atoms with Gasteiger partial charge in [0.2, 0.25) is 0 Å². The van der Waals surface area contributed by atoms with Crippen LogP contribution in [0.2, 0.25) is 0 Å². The van der Waals surface area contributed by atoms with Crippen molar-refractivity contribution in [2.24, 2.45) is 5.16 Å². The Bertz CT molecular complexity index is 686. The summed E-state index contributed by atoms with van der Waals surface area (Å²) in [6.45, 7) is 1.88. The molecule has 0 spiro atoms. The van der Waals surface area contributed by atoms with Crippen LogP contribution in [0.5, 0.6) is 5.75 Å². The van der Waals surface area contributed by atoms with E-state index in [1.165, 1.54) is 11.8 Å². The van der Waals surface area contributed by atoms with Crippen LogP contribution in [-0.4, -0.2) is 31.9 Å². The average Bonchev–Trinajstić information content (AvgIpc) is 2.64. The Morgan fingerprint density at radius 2 is 1.88 bits per heavy atom. The van der Waals surface area contributed by atoms with Gasteiger partial charge >= 0.3 is 0 Å². The highest BCUT2D eigenvalue weighted by Crippen LogP contribution is 2.14. The van der Waals surface area contributed by atoms with E-state index in [9.17, 15) is 4.79 Å². The van der Waals surface area contributed by atoms with Gasteiger partial charge < -0.3 is 14.9 Å². The van der Waals surface area contributed by atoms with Crippen LogP contribution < -0.4 is 10.1 Å². The fourth-order valence-corrected chi connectivity index (χ4v) is 2.38. The number of carbonyl (C=O) groups is 1. The van der Waals surface area contributed by atoms with E-state index in [2.05, 4.69) is 22.6 Å². The molecular weight excluding hydrogens is 316 g/mol. The lowest BCUT2D eigenvalue weighted by Gasteiger charge is -2.13. The molecule has 0 aromatic heterocycles. The summed E-state index contributed by atoms with van der Waals surface area (Å²) in [5.74, 6) is 0.520. The maximum atomic E-state index is 11.9. The summed E-state index contributed by atoms with van der Waals surface area (Å²) >= 11 is 0. The van der Waals surface area contributed by atoms with E-state index in [0.717, 1.165) is 18.4 Å². The summed E-state index contributed by atoms with van der Waals surface area (Å²) in [4.78, 5) is 16.9. The minimum absolute atomic E-state index is 0.0782. The Balaban J connectivity index is 1.68. The molecule has 1 N–H and O–H groups in total. The number of hydrogen-bond donors (Lipinski definition) is 1. The van der Waals surface area contributed by atoms with Crippen molar-refractivity contribution >= 4 is 12.1 Å². The predicted octanol–water partition coefficient (Wildman–Crippen LogP) is 3.18. The summed E-state index contributed by atoms with van der Waals surface area (Å²) in [7, 11) is 1.60. The number of nitrogens with one attached hydrogen (secondary N) is 1. The molecule has 2 aromatic rings. The third-order valence-electron chi connectivity index (χ3n) is 3.72. The van der Waals surface area contributed by atoms with Crippen LogP contribution in [0.25, 0.3) is 0 Å². The molecule has 2 aromatic carbocycles. The highest BCUT2D eigenvalue weighted by molar-refractivity contribution is 5.83. The molecule has 0 saturated carbocycles. The first-order valence-corrected chi connectivity index (χ1v) is 8.30. The van der Waals surface area contributed by atoms with Crippen LogP contribution in [0.1, 0.15) is 24.5 Å². The molecule has 5 heteroatoms. The fraction of sp³-hybridized carbons (Fsp3) is 0.300. The van der Waals surface area contributed by atoms with Crippen molar-refractivity contribution in [1.82, 2.24) is 5.32 Å². The monoisotopic (exact) mass is 340 g/mol. The van der Waals surface area contributed by atoms with Crippen molar-refractivity contribution in [2.75, 3.05) is 13.7 Å². The molecule has 5 nitrogen and oxygen atoms in total. The zero-order valence-electron chi connectivity index (χ0n) is 14.6. The molecule has 0 radical (unpaired) electrons. The van der Waals surface area contributed by atoms with Gasteiger partial charge in [-0.15, -0.1) is 0 Å². The van der Waals surface area contributed by atoms with Gasteiger partial charge in [-0.25, -0.2) is 0 Å². The van der Waals surface area contributed by atoms with Crippen LogP contribution in [0.3, 0.4) is 0 Å². The highest BCUT2D eigenvalue weighted by Gasteiger charge is 2.08. The number of rotatable bonds is 9. The summed E-state index contributed by atoms with van der Waals surface area (Å²) in [6.07, 6.45) is 3.33. The maximum Gasteiger partial charge on any atom is 0.260 e. The summed E-state index contributed by atoms with van der Waals surface area (Å²) in [6, 6.07) is 17.7. The SMILES string of the molecule is COc1ccccc1/C=N\OCC(=O)N[C@H](C)CCc1ccccc1. The largest absolute Gasteiger partial charge is 0.496 e. The molecule has 0 heterocycles. The Hall–Kier alpha value is -2.82. The standard InChI is InChI=1S/C20H24N2O3/c1-16(12-13-17-8-4-3-5-9-17)22-20(23)15-25-21-14-18-10-6-7-11-19(18)24-2/h3-11,14,16H,12-13,15H2,1-2H3,(H,22,23)/b21-14-/t16-/m1/s1. The van der Waals surface area contributed by atoms with Crippen LogP contribution in [-0.2, 0) is 16.1 Å². The summed E-state index contributed by atoms with van der Waals surface area (Å²) in [5.41, 5.74) is 2.06. The van der Waals surface area contributed by atoms with E-state index in [0.29, 0.717) is 5.75 Å². The normalized spacial score (nSPS) is 11.9. The topological polar surface area (TPSA) is 59.9 Å². The van der Waals surface area contributed by atoms with Crippen LogP contribution in [0.4, 0.5) is 0 Å². The second-order valence-electron chi connectivity index (χ2n) is 5.74.